The van der Waals surface area contributed by atoms with E-state index < -0.39 is 31.6 Å². The molecule has 0 unspecified atom stereocenters. The minimum atomic E-state index is -1.47. The molecule has 0 bridgehead atoms. The second-order valence-corrected chi connectivity index (χ2v) is 12.5. The summed E-state index contributed by atoms with van der Waals surface area (Å²) >= 11 is 3.08. The van der Waals surface area contributed by atoms with Crippen LogP contribution in [0.15, 0.2) is 40.9 Å². The zero-order chi connectivity index (χ0) is 22.2. The molecule has 4 nitrogen and oxygen atoms in total. The van der Waals surface area contributed by atoms with E-state index in [4.69, 9.17) is 0 Å². The molecule has 154 valence electrons. The van der Waals surface area contributed by atoms with E-state index in [1.54, 1.807) is 12.1 Å². The van der Waals surface area contributed by atoms with Crippen molar-refractivity contribution in [1.29, 1.82) is 0 Å². The molecule has 0 amide bonds. The maximum absolute atomic E-state index is 13.6. The van der Waals surface area contributed by atoms with Crippen LogP contribution in [0.5, 0.6) is 0 Å². The Morgan fingerprint density at radius 1 is 0.897 bits per heavy atom. The van der Waals surface area contributed by atoms with Crippen molar-refractivity contribution in [1.82, 2.24) is 0 Å². The Hall–Kier alpha value is -2.50. The predicted molar refractivity (Wildman–Crippen MR) is 113 cm³/mol. The molecular weight excluding hydrogens is 462 g/mol. The second-order valence-electron chi connectivity index (χ2n) is 6.80. The van der Waals surface area contributed by atoms with Gasteiger partial charge in [-0.2, -0.15) is 0 Å². The van der Waals surface area contributed by atoms with E-state index in [2.05, 4.69) is 56.5 Å². The molecule has 8 heteroatoms. The summed E-state index contributed by atoms with van der Waals surface area (Å²) < 4.78 is 35.9. The topological polar surface area (TPSA) is 52.6 Å². The summed E-state index contributed by atoms with van der Waals surface area (Å²) in [5.74, 6) is 0.404. The maximum Gasteiger partial charge on any atom is 0.340 e. The lowest BCUT2D eigenvalue weighted by molar-refractivity contribution is 0.0586. The third-order valence-electron chi connectivity index (χ3n) is 3.29. The van der Waals surface area contributed by atoms with Crippen LogP contribution < -0.4 is 0 Å². The Labute approximate surface area is 178 Å². The monoisotopic (exact) mass is 482 g/mol. The summed E-state index contributed by atoms with van der Waals surface area (Å²) in [5.41, 5.74) is 3.60. The highest BCUT2D eigenvalue weighted by atomic mass is 79.9. The highest BCUT2D eigenvalue weighted by Crippen LogP contribution is 2.15. The van der Waals surface area contributed by atoms with Gasteiger partial charge in [-0.25, -0.2) is 18.4 Å². The largest absolute Gasteiger partial charge is 0.465 e. The van der Waals surface area contributed by atoms with Crippen LogP contribution in [0.2, 0.25) is 19.6 Å². The van der Waals surface area contributed by atoms with E-state index in [1.807, 2.05) is 0 Å². The van der Waals surface area contributed by atoms with Crippen LogP contribution in [0.4, 0.5) is 8.78 Å². The molecule has 0 saturated carbocycles. The molecule has 0 aliphatic rings. The summed E-state index contributed by atoms with van der Waals surface area (Å²) in [6.45, 7) is 6.33. The van der Waals surface area contributed by atoms with Crippen molar-refractivity contribution >= 4 is 35.9 Å². The van der Waals surface area contributed by atoms with Crippen molar-refractivity contribution < 1.29 is 27.8 Å². The summed E-state index contributed by atoms with van der Waals surface area (Å²) in [4.78, 5) is 22.0. The van der Waals surface area contributed by atoms with Gasteiger partial charge in [-0.3, -0.25) is 0 Å². The quantitative estimate of drug-likeness (QED) is 0.334. The summed E-state index contributed by atoms with van der Waals surface area (Å²) in [7, 11) is 0.960. The smallest absolute Gasteiger partial charge is 0.340 e. The fourth-order valence-corrected chi connectivity index (χ4v) is 2.75. The van der Waals surface area contributed by atoms with Gasteiger partial charge in [-0.05, 0) is 36.4 Å². The van der Waals surface area contributed by atoms with E-state index >= 15 is 0 Å². The first-order chi connectivity index (χ1) is 13.5. The lowest BCUT2D eigenvalue weighted by Gasteiger charge is -2.04. The van der Waals surface area contributed by atoms with Gasteiger partial charge in [-0.1, -0.05) is 41.5 Å². The zero-order valence-electron chi connectivity index (χ0n) is 16.7. The van der Waals surface area contributed by atoms with E-state index in [1.165, 1.54) is 38.5 Å². The lowest BCUT2D eigenvalue weighted by Crippen LogP contribution is -2.16. The number of benzene rings is 2. The van der Waals surface area contributed by atoms with Gasteiger partial charge in [0.15, 0.2) is 0 Å². The fraction of sp³-hybridized carbons (Fsp3) is 0.238. The number of rotatable bonds is 2. The van der Waals surface area contributed by atoms with Gasteiger partial charge in [0, 0.05) is 10.0 Å². The van der Waals surface area contributed by atoms with E-state index in [9.17, 15) is 18.4 Å². The highest BCUT2D eigenvalue weighted by Gasteiger charge is 2.13. The molecule has 2 aromatic carbocycles. The van der Waals surface area contributed by atoms with Crippen LogP contribution in [0, 0.1) is 23.1 Å². The van der Waals surface area contributed by atoms with E-state index in [0.717, 1.165) is 0 Å². The third-order valence-corrected chi connectivity index (χ3v) is 4.66. The Balaban J connectivity index is 0.000000308. The van der Waals surface area contributed by atoms with Gasteiger partial charge in [0.05, 0.1) is 25.3 Å². The number of ether oxygens (including phenoxy) is 2. The Bertz CT molecular complexity index is 959. The van der Waals surface area contributed by atoms with Crippen LogP contribution in [-0.2, 0) is 9.47 Å². The SMILES string of the molecule is COC(=O)c1ccc(Br)cc1F.COC(=O)c1ccc(C#C[Si](C)(C)C)cc1F. The summed E-state index contributed by atoms with van der Waals surface area (Å²) in [6.07, 6.45) is 0. The van der Waals surface area contributed by atoms with Gasteiger partial charge in [0.2, 0.25) is 0 Å². The first kappa shape index (κ1) is 24.5. The van der Waals surface area contributed by atoms with Crippen LogP contribution >= 0.6 is 15.9 Å². The minimum Gasteiger partial charge on any atom is -0.465 e. The average molecular weight is 483 g/mol. The van der Waals surface area contributed by atoms with Crippen molar-refractivity contribution in [2.75, 3.05) is 14.2 Å². The van der Waals surface area contributed by atoms with Crippen molar-refractivity contribution in [3.63, 3.8) is 0 Å². The van der Waals surface area contributed by atoms with Gasteiger partial charge < -0.3 is 9.47 Å². The van der Waals surface area contributed by atoms with Crippen LogP contribution in [0.3, 0.4) is 0 Å². The third kappa shape index (κ3) is 8.17. The van der Waals surface area contributed by atoms with Gasteiger partial charge in [0.1, 0.15) is 19.7 Å². The number of halogens is 3. The minimum absolute atomic E-state index is 0.0549. The van der Waals surface area contributed by atoms with E-state index in [-0.39, 0.29) is 11.1 Å². The molecule has 0 fully saturated rings. The normalized spacial score (nSPS) is 10.1. The zero-order valence-corrected chi connectivity index (χ0v) is 19.3. The molecule has 0 spiro atoms. The number of carbonyl (C=O) groups is 2. The number of hydrogen-bond acceptors (Lipinski definition) is 4. The van der Waals surface area contributed by atoms with Crippen LogP contribution in [0.1, 0.15) is 26.3 Å². The van der Waals surface area contributed by atoms with Gasteiger partial charge in [-0.15, -0.1) is 5.54 Å². The molecular formula is C21H21BrF2O4Si. The average Bonchev–Trinajstić information content (AvgIpc) is 2.65. The Morgan fingerprint density at radius 2 is 1.38 bits per heavy atom. The molecule has 0 radical (unpaired) electrons. The van der Waals surface area contributed by atoms with Gasteiger partial charge in [0.25, 0.3) is 0 Å². The number of esters is 2. The second kappa shape index (κ2) is 10.9. The first-order valence-corrected chi connectivity index (χ1v) is 12.7. The van der Waals surface area contributed by atoms with Gasteiger partial charge >= 0.3 is 11.9 Å². The Morgan fingerprint density at radius 3 is 1.79 bits per heavy atom. The van der Waals surface area contributed by atoms with Crippen molar-refractivity contribution in [2.45, 2.75) is 19.6 Å². The molecule has 2 aromatic rings. The van der Waals surface area contributed by atoms with Crippen LogP contribution in [-0.4, -0.2) is 34.2 Å². The van der Waals surface area contributed by atoms with Crippen molar-refractivity contribution in [3.05, 3.63) is 69.2 Å². The molecule has 0 aromatic heterocycles. The highest BCUT2D eigenvalue weighted by molar-refractivity contribution is 9.10. The lowest BCUT2D eigenvalue weighted by atomic mass is 10.1. The summed E-state index contributed by atoms with van der Waals surface area (Å²) in [6, 6.07) is 8.45. The van der Waals surface area contributed by atoms with Crippen molar-refractivity contribution in [2.24, 2.45) is 0 Å². The summed E-state index contributed by atoms with van der Waals surface area (Å²) in [5, 5.41) is 0. The molecule has 0 saturated heterocycles. The Kier molecular flexibility index (Phi) is 9.21. The van der Waals surface area contributed by atoms with E-state index in [0.29, 0.717) is 10.0 Å². The van der Waals surface area contributed by atoms with Crippen LogP contribution in [0.25, 0.3) is 0 Å². The molecule has 0 N–H and O–H groups in total. The number of methoxy groups -OCH3 is 2. The number of carbonyl (C=O) groups excluding carboxylic acids is 2. The standard InChI is InChI=1S/C13H15FO2Si.C8H6BrFO2/c1-16-13(15)11-6-5-10(9-12(11)14)7-8-17(2,3)4;1-12-8(11)6-3-2-5(9)4-7(6)10/h5-6,9H,1-4H3;2-4H,1H3. The molecule has 0 heterocycles. The predicted octanol–water partition coefficient (Wildman–Crippen LogP) is 5.22. The number of hydrogen-bond donors (Lipinski definition) is 0. The van der Waals surface area contributed by atoms with Crippen molar-refractivity contribution in [3.8, 4) is 11.5 Å². The molecule has 0 atom stereocenters. The molecule has 0 aliphatic heterocycles. The molecule has 2 rings (SSSR count). The molecule has 29 heavy (non-hydrogen) atoms. The molecule has 0 aliphatic carbocycles. The maximum atomic E-state index is 13.6. The first-order valence-electron chi connectivity index (χ1n) is 8.43. The fourth-order valence-electron chi connectivity index (χ4n) is 1.89.